The first-order valence-corrected chi connectivity index (χ1v) is 26.0. The molecule has 4 aliphatic rings. The summed E-state index contributed by atoms with van der Waals surface area (Å²) in [4.78, 5) is 4.78. The molecule has 13 rings (SSSR count). The van der Waals surface area contributed by atoms with Gasteiger partial charge in [0.15, 0.2) is 0 Å². The van der Waals surface area contributed by atoms with Crippen molar-refractivity contribution in [2.45, 2.75) is 90.9 Å². The minimum Gasteiger partial charge on any atom is -0.458 e. The van der Waals surface area contributed by atoms with Crippen molar-refractivity contribution in [1.82, 2.24) is 0 Å². The largest absolute Gasteiger partial charge is 0.458 e. The second kappa shape index (κ2) is 15.9. The van der Waals surface area contributed by atoms with Gasteiger partial charge in [0.25, 0.3) is 6.71 Å². The Morgan fingerprint density at radius 2 is 0.699 bits per heavy atom. The van der Waals surface area contributed by atoms with E-state index in [2.05, 4.69) is 267 Å². The molecule has 0 aromatic heterocycles. The summed E-state index contributed by atoms with van der Waals surface area (Å²) in [5.41, 5.74) is 22.7. The molecular formula is C68H61BN2O2. The fraction of sp³-hybridized carbons (Fsp3) is 0.206. The third-order valence-corrected chi connectivity index (χ3v) is 16.5. The molecule has 2 heterocycles. The first-order valence-electron chi connectivity index (χ1n) is 26.0. The molecule has 9 aromatic carbocycles. The van der Waals surface area contributed by atoms with Crippen LogP contribution in [0.2, 0.25) is 0 Å². The molecule has 4 nitrogen and oxygen atoms in total. The van der Waals surface area contributed by atoms with Crippen LogP contribution in [0.4, 0.5) is 34.1 Å². The molecule has 9 aromatic rings. The van der Waals surface area contributed by atoms with E-state index in [4.69, 9.17) is 9.47 Å². The third-order valence-electron chi connectivity index (χ3n) is 16.5. The summed E-state index contributed by atoms with van der Waals surface area (Å²) < 4.78 is 14.0. The van der Waals surface area contributed by atoms with Crippen molar-refractivity contribution in [1.29, 1.82) is 0 Å². The van der Waals surface area contributed by atoms with Crippen LogP contribution in [-0.4, -0.2) is 6.71 Å². The summed E-state index contributed by atoms with van der Waals surface area (Å²) in [6.07, 6.45) is 0. The minimum absolute atomic E-state index is 0.0669. The fourth-order valence-electron chi connectivity index (χ4n) is 12.4. The highest BCUT2D eigenvalue weighted by Gasteiger charge is 2.46. The number of para-hydroxylation sites is 2. The normalized spacial score (nSPS) is 14.8. The highest BCUT2D eigenvalue weighted by molar-refractivity contribution is 6.98. The minimum atomic E-state index is -0.288. The van der Waals surface area contributed by atoms with Crippen molar-refractivity contribution in [3.8, 4) is 45.3 Å². The maximum absolute atomic E-state index is 6.98. The van der Waals surface area contributed by atoms with Crippen LogP contribution in [0.15, 0.2) is 188 Å². The Kier molecular flexibility index (Phi) is 9.81. The first-order chi connectivity index (χ1) is 34.9. The Bertz CT molecular complexity index is 3450. The van der Waals surface area contributed by atoms with Gasteiger partial charge in [0.1, 0.15) is 23.0 Å². The Morgan fingerprint density at radius 3 is 1.08 bits per heavy atom. The summed E-state index contributed by atoms with van der Waals surface area (Å²) in [7, 11) is 0. The van der Waals surface area contributed by atoms with Crippen LogP contribution in [0.1, 0.15) is 103 Å². The molecule has 0 saturated carbocycles. The van der Waals surface area contributed by atoms with Crippen LogP contribution >= 0.6 is 0 Å². The summed E-state index contributed by atoms with van der Waals surface area (Å²) in [5.74, 6) is 3.52. The standard InChI is InChI=1S/C68H61BN2O2/c1-65(2,3)42-24-28-46(29-25-42)70(44-18-13-11-14-19-44)48-32-34-50-52-38-62-58(40-56(52)67(7,8)54(50)36-48)69-59-41-57-53(39-63(59)73-61-23-17-22-60(72-62)64(61)69)51-35-33-49(37-55(51)68(57,9)10)71(45-20-15-12-16-21-45)47-30-26-43(27-31-47)66(4,5)6/h11-41H,1-10H3. The maximum atomic E-state index is 6.98. The second-order valence-electron chi connectivity index (χ2n) is 23.8. The van der Waals surface area contributed by atoms with Gasteiger partial charge >= 0.3 is 0 Å². The number of ether oxygens (including phenoxy) is 2. The molecule has 0 spiro atoms. The van der Waals surface area contributed by atoms with E-state index in [1.807, 2.05) is 0 Å². The molecule has 73 heavy (non-hydrogen) atoms. The van der Waals surface area contributed by atoms with Crippen LogP contribution in [0.5, 0.6) is 23.0 Å². The summed E-state index contributed by atoms with van der Waals surface area (Å²) in [6, 6.07) is 69.6. The van der Waals surface area contributed by atoms with Gasteiger partial charge in [-0.05, 0) is 174 Å². The highest BCUT2D eigenvalue weighted by Crippen LogP contribution is 2.55. The van der Waals surface area contributed by atoms with Gasteiger partial charge in [-0.2, -0.15) is 0 Å². The van der Waals surface area contributed by atoms with E-state index in [1.165, 1.54) is 66.6 Å². The average molecular weight is 949 g/mol. The van der Waals surface area contributed by atoms with Crippen LogP contribution < -0.4 is 35.7 Å². The Hall–Kier alpha value is -7.76. The van der Waals surface area contributed by atoms with Gasteiger partial charge in [0, 0.05) is 50.4 Å². The summed E-state index contributed by atoms with van der Waals surface area (Å²) in [5, 5.41) is 0. The highest BCUT2D eigenvalue weighted by atomic mass is 16.5. The lowest BCUT2D eigenvalue weighted by Crippen LogP contribution is -2.57. The zero-order chi connectivity index (χ0) is 50.3. The summed E-state index contributed by atoms with van der Waals surface area (Å²) >= 11 is 0. The van der Waals surface area contributed by atoms with Crippen molar-refractivity contribution in [2.24, 2.45) is 0 Å². The van der Waals surface area contributed by atoms with E-state index in [1.54, 1.807) is 0 Å². The number of nitrogens with zero attached hydrogens (tertiary/aromatic N) is 2. The Labute approximate surface area is 432 Å². The molecule has 0 fully saturated rings. The van der Waals surface area contributed by atoms with Crippen molar-refractivity contribution in [3.05, 3.63) is 221 Å². The average Bonchev–Trinajstić information content (AvgIpc) is 3.73. The summed E-state index contributed by atoms with van der Waals surface area (Å²) in [6.45, 7) is 23.1. The number of fused-ring (bicyclic) bond motifs is 10. The molecule has 2 aliphatic heterocycles. The van der Waals surface area contributed by atoms with Gasteiger partial charge in [-0.1, -0.05) is 160 Å². The van der Waals surface area contributed by atoms with Gasteiger partial charge in [0.2, 0.25) is 0 Å². The fourth-order valence-corrected chi connectivity index (χ4v) is 12.4. The number of rotatable bonds is 6. The Balaban J connectivity index is 0.900. The zero-order valence-corrected chi connectivity index (χ0v) is 43.7. The lowest BCUT2D eigenvalue weighted by Gasteiger charge is -2.35. The monoisotopic (exact) mass is 948 g/mol. The first kappa shape index (κ1) is 45.1. The molecule has 2 aliphatic carbocycles. The molecule has 0 amide bonds. The van der Waals surface area contributed by atoms with Crippen molar-refractivity contribution >= 4 is 57.2 Å². The zero-order valence-electron chi connectivity index (χ0n) is 43.7. The van der Waals surface area contributed by atoms with Crippen LogP contribution in [0.25, 0.3) is 22.3 Å². The van der Waals surface area contributed by atoms with Crippen molar-refractivity contribution in [3.63, 3.8) is 0 Å². The van der Waals surface area contributed by atoms with Crippen LogP contribution in [0, 0.1) is 0 Å². The lowest BCUT2D eigenvalue weighted by molar-refractivity contribution is 0.464. The molecule has 5 heteroatoms. The molecular weight excluding hydrogens is 888 g/mol. The second-order valence-corrected chi connectivity index (χ2v) is 23.8. The molecule has 0 atom stereocenters. The van der Waals surface area contributed by atoms with Crippen LogP contribution in [0.3, 0.4) is 0 Å². The van der Waals surface area contributed by atoms with Gasteiger partial charge < -0.3 is 19.3 Å². The van der Waals surface area contributed by atoms with E-state index < -0.39 is 0 Å². The predicted molar refractivity (Wildman–Crippen MR) is 306 cm³/mol. The Morgan fingerprint density at radius 1 is 0.342 bits per heavy atom. The van der Waals surface area contributed by atoms with Gasteiger partial charge in [-0.15, -0.1) is 0 Å². The van der Waals surface area contributed by atoms with E-state index in [0.29, 0.717) is 0 Å². The van der Waals surface area contributed by atoms with Gasteiger partial charge in [0.05, 0.1) is 0 Å². The topological polar surface area (TPSA) is 24.9 Å². The third kappa shape index (κ3) is 7.02. The quantitative estimate of drug-likeness (QED) is 0.155. The molecule has 0 radical (unpaired) electrons. The molecule has 0 bridgehead atoms. The van der Waals surface area contributed by atoms with Gasteiger partial charge in [-0.25, -0.2) is 0 Å². The van der Waals surface area contributed by atoms with E-state index in [-0.39, 0.29) is 28.4 Å². The van der Waals surface area contributed by atoms with Crippen molar-refractivity contribution in [2.75, 3.05) is 9.80 Å². The molecule has 0 saturated heterocycles. The van der Waals surface area contributed by atoms with Crippen LogP contribution in [-0.2, 0) is 21.7 Å². The molecule has 358 valence electrons. The number of hydrogen-bond acceptors (Lipinski definition) is 4. The van der Waals surface area contributed by atoms with E-state index >= 15 is 0 Å². The maximum Gasteiger partial charge on any atom is 0.260 e. The van der Waals surface area contributed by atoms with E-state index in [0.717, 1.165) is 62.6 Å². The van der Waals surface area contributed by atoms with Crippen molar-refractivity contribution < 1.29 is 9.47 Å². The number of benzene rings is 9. The predicted octanol–water partition coefficient (Wildman–Crippen LogP) is 16.6. The van der Waals surface area contributed by atoms with E-state index in [9.17, 15) is 0 Å². The molecule has 0 unspecified atom stereocenters. The van der Waals surface area contributed by atoms with Gasteiger partial charge in [-0.3, -0.25) is 0 Å². The smallest absolute Gasteiger partial charge is 0.260 e. The number of anilines is 6. The lowest BCUT2D eigenvalue weighted by atomic mass is 9.34. The number of hydrogen-bond donors (Lipinski definition) is 0. The SMILES string of the molecule is CC(C)(C)c1ccc(N(c2ccccc2)c2ccc3c(c2)C(C)(C)c2cc4c(cc2-3)Oc2cccc3c2B4c2cc4c(cc2O3)-c2ccc(N(c3ccccc3)c3ccc(C(C)(C)C)cc3)cc2C4(C)C)cc1. The molecule has 0 N–H and O–H groups in total.